The van der Waals surface area contributed by atoms with Crippen LogP contribution in [-0.2, 0) is 12.0 Å². The van der Waals surface area contributed by atoms with E-state index in [9.17, 15) is 0 Å². The fourth-order valence-electron chi connectivity index (χ4n) is 4.65. The lowest BCUT2D eigenvalue weighted by Crippen LogP contribution is -2.37. The smallest absolute Gasteiger partial charge is 0.231 e. The highest BCUT2D eigenvalue weighted by Crippen LogP contribution is 2.54. The Morgan fingerprint density at radius 3 is 2.52 bits per heavy atom. The Bertz CT molecular complexity index is 1010. The van der Waals surface area contributed by atoms with Crippen molar-refractivity contribution < 1.29 is 14.2 Å². The van der Waals surface area contributed by atoms with E-state index in [1.807, 2.05) is 6.07 Å². The highest BCUT2D eigenvalue weighted by Gasteiger charge is 2.50. The van der Waals surface area contributed by atoms with Gasteiger partial charge in [-0.15, -0.1) is 0 Å². The van der Waals surface area contributed by atoms with E-state index in [4.69, 9.17) is 14.2 Å². The van der Waals surface area contributed by atoms with Crippen molar-refractivity contribution in [2.24, 2.45) is 0 Å². The minimum atomic E-state index is -0.149. The lowest BCUT2D eigenvalue weighted by atomic mass is 9.77. The Labute approximate surface area is 157 Å². The maximum absolute atomic E-state index is 6.15. The van der Waals surface area contributed by atoms with Crippen molar-refractivity contribution in [1.82, 2.24) is 4.57 Å². The molecule has 3 aliphatic heterocycles. The number of aromatic nitrogens is 1. The van der Waals surface area contributed by atoms with Crippen molar-refractivity contribution in [1.29, 1.82) is 0 Å². The summed E-state index contributed by atoms with van der Waals surface area (Å²) >= 11 is 0. The Hall–Kier alpha value is -3.08. The number of ether oxygens (including phenoxy) is 3. The highest BCUT2D eigenvalue weighted by molar-refractivity contribution is 5.70. The Morgan fingerprint density at radius 1 is 0.815 bits per heavy atom. The molecule has 0 bridgehead atoms. The molecule has 3 aromatic rings. The largest absolute Gasteiger partial charge is 0.492 e. The Balaban J connectivity index is 1.41. The zero-order valence-electron chi connectivity index (χ0n) is 14.9. The summed E-state index contributed by atoms with van der Waals surface area (Å²) in [4.78, 5) is 2.48. The van der Waals surface area contributed by atoms with Crippen LogP contribution in [0, 0.1) is 0 Å². The second-order valence-electron chi connectivity index (χ2n) is 7.43. The average Bonchev–Trinajstić information content (AvgIpc) is 3.47. The van der Waals surface area contributed by atoms with Gasteiger partial charge in [0.2, 0.25) is 6.79 Å². The van der Waals surface area contributed by atoms with Gasteiger partial charge in [0.15, 0.2) is 11.5 Å². The second-order valence-corrected chi connectivity index (χ2v) is 7.43. The topological polar surface area (TPSA) is 35.9 Å². The third-order valence-electron chi connectivity index (χ3n) is 5.98. The monoisotopic (exact) mass is 360 g/mol. The summed E-state index contributed by atoms with van der Waals surface area (Å²) in [5.74, 6) is 2.52. The molecular weight excluding hydrogens is 340 g/mol. The van der Waals surface area contributed by atoms with Gasteiger partial charge < -0.3 is 23.7 Å². The maximum atomic E-state index is 6.15. The minimum absolute atomic E-state index is 0.149. The molecule has 1 atom stereocenters. The number of hydrogen-bond acceptors (Lipinski definition) is 4. The van der Waals surface area contributed by atoms with E-state index in [1.54, 1.807) is 0 Å². The van der Waals surface area contributed by atoms with E-state index in [1.165, 1.54) is 16.8 Å². The van der Waals surface area contributed by atoms with Gasteiger partial charge in [-0.05, 0) is 29.8 Å². The third kappa shape index (κ3) is 2.11. The zero-order valence-corrected chi connectivity index (χ0v) is 14.9. The van der Waals surface area contributed by atoms with E-state index in [0.717, 1.165) is 36.9 Å². The molecule has 27 heavy (non-hydrogen) atoms. The second kappa shape index (κ2) is 5.46. The van der Waals surface area contributed by atoms with Crippen LogP contribution in [0.3, 0.4) is 0 Å². The van der Waals surface area contributed by atoms with Gasteiger partial charge in [-0.3, -0.25) is 0 Å². The molecule has 0 fully saturated rings. The van der Waals surface area contributed by atoms with Crippen molar-refractivity contribution in [2.45, 2.75) is 12.0 Å². The van der Waals surface area contributed by atoms with Crippen molar-refractivity contribution in [3.63, 3.8) is 0 Å². The number of benzene rings is 2. The molecule has 5 nitrogen and oxygen atoms in total. The number of anilines is 1. The molecule has 6 rings (SSSR count). The Morgan fingerprint density at radius 2 is 1.63 bits per heavy atom. The molecule has 0 saturated carbocycles. The van der Waals surface area contributed by atoms with Gasteiger partial charge in [0.05, 0.1) is 5.41 Å². The summed E-state index contributed by atoms with van der Waals surface area (Å²) in [7, 11) is 0. The quantitative estimate of drug-likeness (QED) is 0.717. The van der Waals surface area contributed by atoms with Crippen molar-refractivity contribution in [2.75, 3.05) is 31.4 Å². The van der Waals surface area contributed by atoms with Crippen LogP contribution in [-0.4, -0.2) is 31.1 Å². The number of hydrogen-bond donors (Lipinski definition) is 0. The molecule has 0 saturated heterocycles. The van der Waals surface area contributed by atoms with Crippen LogP contribution in [0.4, 0.5) is 5.69 Å². The Kier molecular flexibility index (Phi) is 3.04. The van der Waals surface area contributed by atoms with Crippen LogP contribution >= 0.6 is 0 Å². The van der Waals surface area contributed by atoms with Crippen LogP contribution in [0.1, 0.15) is 11.1 Å². The zero-order chi connectivity index (χ0) is 17.8. The standard InChI is InChI=1S/C22H20N2O3/c1-2-6-18-16(5-1)22(13-24(18)10-9-23-7-3-4-8-23)14-25-19-12-21-20(11-17(19)22)26-15-27-21/h1-8,11-12H,9-10,13-15H2. The summed E-state index contributed by atoms with van der Waals surface area (Å²) in [6, 6.07) is 17.0. The average molecular weight is 360 g/mol. The van der Waals surface area contributed by atoms with Crippen molar-refractivity contribution in [3.8, 4) is 17.2 Å². The lowest BCUT2D eigenvalue weighted by Gasteiger charge is -2.25. The summed E-state index contributed by atoms with van der Waals surface area (Å²) < 4.78 is 19.5. The lowest BCUT2D eigenvalue weighted by molar-refractivity contribution is 0.173. The fraction of sp³-hybridized carbons (Fsp3) is 0.273. The SMILES string of the molecule is c1ccc2c(c1)N(CCn1cccc1)CC21COc2cc3c(cc21)OCO3. The number of nitrogens with zero attached hydrogens (tertiary/aromatic N) is 2. The van der Waals surface area contributed by atoms with Crippen LogP contribution in [0.5, 0.6) is 17.2 Å². The molecule has 136 valence electrons. The predicted octanol–water partition coefficient (Wildman–Crippen LogP) is 3.42. The molecule has 1 aromatic heterocycles. The van der Waals surface area contributed by atoms with Gasteiger partial charge in [0.1, 0.15) is 12.4 Å². The van der Waals surface area contributed by atoms with E-state index in [-0.39, 0.29) is 12.2 Å². The molecule has 1 unspecified atom stereocenters. The van der Waals surface area contributed by atoms with Crippen LogP contribution in [0.25, 0.3) is 0 Å². The molecule has 1 spiro atoms. The molecule has 3 aliphatic rings. The van der Waals surface area contributed by atoms with E-state index in [0.29, 0.717) is 6.61 Å². The normalized spacial score (nSPS) is 21.4. The molecule has 0 radical (unpaired) electrons. The summed E-state index contributed by atoms with van der Waals surface area (Å²) in [5, 5.41) is 0. The highest BCUT2D eigenvalue weighted by atomic mass is 16.7. The van der Waals surface area contributed by atoms with Crippen LogP contribution in [0.2, 0.25) is 0 Å². The van der Waals surface area contributed by atoms with Gasteiger partial charge in [-0.1, -0.05) is 18.2 Å². The molecule has 0 N–H and O–H groups in total. The minimum Gasteiger partial charge on any atom is -0.492 e. The predicted molar refractivity (Wildman–Crippen MR) is 102 cm³/mol. The number of para-hydroxylation sites is 1. The van der Waals surface area contributed by atoms with Gasteiger partial charge >= 0.3 is 0 Å². The maximum Gasteiger partial charge on any atom is 0.231 e. The molecule has 5 heteroatoms. The number of rotatable bonds is 3. The molecule has 0 amide bonds. The number of fused-ring (bicyclic) bond motifs is 5. The molecule has 4 heterocycles. The van der Waals surface area contributed by atoms with Crippen LogP contribution in [0.15, 0.2) is 60.9 Å². The summed E-state index contributed by atoms with van der Waals surface area (Å²) in [6.45, 7) is 3.78. The van der Waals surface area contributed by atoms with E-state index >= 15 is 0 Å². The van der Waals surface area contributed by atoms with Gasteiger partial charge in [-0.25, -0.2) is 0 Å². The summed E-state index contributed by atoms with van der Waals surface area (Å²) in [5.41, 5.74) is 3.71. The third-order valence-corrected chi connectivity index (χ3v) is 5.98. The first-order chi connectivity index (χ1) is 13.3. The van der Waals surface area contributed by atoms with Crippen molar-refractivity contribution >= 4 is 5.69 Å². The first-order valence-corrected chi connectivity index (χ1v) is 9.36. The van der Waals surface area contributed by atoms with E-state index in [2.05, 4.69) is 64.3 Å². The summed E-state index contributed by atoms with van der Waals surface area (Å²) in [6.07, 6.45) is 4.23. The van der Waals surface area contributed by atoms with Gasteiger partial charge in [0.25, 0.3) is 0 Å². The molecule has 2 aromatic carbocycles. The van der Waals surface area contributed by atoms with Gasteiger partial charge in [-0.2, -0.15) is 0 Å². The first kappa shape index (κ1) is 15.0. The van der Waals surface area contributed by atoms with Crippen LogP contribution < -0.4 is 19.1 Å². The van der Waals surface area contributed by atoms with E-state index < -0.39 is 0 Å². The fourth-order valence-corrected chi connectivity index (χ4v) is 4.65. The molecular formula is C22H20N2O3. The molecule has 0 aliphatic carbocycles. The first-order valence-electron chi connectivity index (χ1n) is 9.36. The van der Waals surface area contributed by atoms with Crippen molar-refractivity contribution in [3.05, 3.63) is 72.1 Å². The van der Waals surface area contributed by atoms with Gasteiger partial charge in [0, 0.05) is 49.3 Å².